The first-order valence-corrected chi connectivity index (χ1v) is 5.68. The van der Waals surface area contributed by atoms with Crippen molar-refractivity contribution >= 4 is 5.69 Å². The van der Waals surface area contributed by atoms with Crippen molar-refractivity contribution in [3.8, 4) is 0 Å². The normalized spacial score (nSPS) is 18.4. The third-order valence-electron chi connectivity index (χ3n) is 3.22. The van der Waals surface area contributed by atoms with E-state index in [1.54, 1.807) is 0 Å². The molecule has 82 valence electrons. The summed E-state index contributed by atoms with van der Waals surface area (Å²) in [5, 5.41) is 10.3. The Morgan fingerprint density at radius 3 is 3.19 bits per heavy atom. The van der Waals surface area contributed by atoms with Crippen molar-refractivity contribution < 1.29 is 0 Å². The van der Waals surface area contributed by atoms with Gasteiger partial charge in [-0.05, 0) is 30.9 Å². The van der Waals surface area contributed by atoms with Crippen LogP contribution in [0, 0.1) is 6.92 Å². The molecule has 0 saturated carbocycles. The zero-order valence-electron chi connectivity index (χ0n) is 9.33. The lowest BCUT2D eigenvalue weighted by atomic mass is 10.1. The summed E-state index contributed by atoms with van der Waals surface area (Å²) in [6, 6.07) is 7.17. The van der Waals surface area contributed by atoms with E-state index < -0.39 is 0 Å². The first-order valence-electron chi connectivity index (χ1n) is 5.68. The fourth-order valence-corrected chi connectivity index (χ4v) is 2.40. The van der Waals surface area contributed by atoms with Crippen LogP contribution in [0.2, 0.25) is 0 Å². The minimum Gasteiger partial charge on any atom is -0.376 e. The molecular formula is C13H15N3. The third-order valence-corrected chi connectivity index (χ3v) is 3.22. The molecule has 3 rings (SSSR count). The lowest BCUT2D eigenvalue weighted by Gasteiger charge is -2.14. The maximum Gasteiger partial charge on any atom is 0.0728 e. The van der Waals surface area contributed by atoms with Crippen molar-refractivity contribution in [3.05, 3.63) is 47.3 Å². The molecule has 3 nitrogen and oxygen atoms in total. The maximum atomic E-state index is 3.95. The molecule has 2 N–H and O–H groups in total. The molecule has 0 amide bonds. The number of anilines is 1. The van der Waals surface area contributed by atoms with Crippen molar-refractivity contribution in [2.24, 2.45) is 0 Å². The summed E-state index contributed by atoms with van der Waals surface area (Å²) in [6.45, 7) is 2.15. The van der Waals surface area contributed by atoms with E-state index in [9.17, 15) is 0 Å². The summed E-state index contributed by atoms with van der Waals surface area (Å²) in [4.78, 5) is 0. The first-order chi connectivity index (χ1) is 7.83. The number of aromatic nitrogens is 2. The Kier molecular flexibility index (Phi) is 2.17. The highest BCUT2D eigenvalue weighted by Gasteiger charge is 2.22. The quantitative estimate of drug-likeness (QED) is 0.805. The van der Waals surface area contributed by atoms with Gasteiger partial charge in [0.15, 0.2) is 0 Å². The number of fused-ring (bicyclic) bond motifs is 1. The van der Waals surface area contributed by atoms with E-state index in [1.165, 1.54) is 29.5 Å². The molecule has 1 aromatic carbocycles. The van der Waals surface area contributed by atoms with Crippen LogP contribution in [0.15, 0.2) is 30.6 Å². The topological polar surface area (TPSA) is 40.7 Å². The van der Waals surface area contributed by atoms with Crippen molar-refractivity contribution in [2.75, 3.05) is 5.32 Å². The van der Waals surface area contributed by atoms with Crippen LogP contribution in [0.1, 0.15) is 29.2 Å². The zero-order valence-corrected chi connectivity index (χ0v) is 9.33. The SMILES string of the molecule is Cc1ccc2c(c1)C(Nc1cn[nH]c1)CC2. The van der Waals surface area contributed by atoms with Gasteiger partial charge in [0.1, 0.15) is 0 Å². The summed E-state index contributed by atoms with van der Waals surface area (Å²) < 4.78 is 0. The molecule has 3 heteroatoms. The smallest absolute Gasteiger partial charge is 0.0728 e. The molecule has 0 bridgehead atoms. The minimum atomic E-state index is 0.437. The molecule has 1 atom stereocenters. The highest BCUT2D eigenvalue weighted by molar-refractivity contribution is 5.46. The molecule has 0 radical (unpaired) electrons. The molecular weight excluding hydrogens is 198 g/mol. The van der Waals surface area contributed by atoms with Crippen LogP contribution < -0.4 is 5.32 Å². The summed E-state index contributed by atoms with van der Waals surface area (Å²) in [6.07, 6.45) is 6.07. The number of aryl methyl sites for hydroxylation is 2. The second-order valence-corrected chi connectivity index (χ2v) is 4.42. The van der Waals surface area contributed by atoms with Crippen LogP contribution in [0.25, 0.3) is 0 Å². The fourth-order valence-electron chi connectivity index (χ4n) is 2.40. The Balaban J connectivity index is 1.88. The summed E-state index contributed by atoms with van der Waals surface area (Å²) in [5.74, 6) is 0. The number of benzene rings is 1. The predicted octanol–water partition coefficient (Wildman–Crippen LogP) is 2.82. The average Bonchev–Trinajstić information content (AvgIpc) is 2.90. The average molecular weight is 213 g/mol. The molecule has 1 aromatic heterocycles. The first kappa shape index (κ1) is 9.46. The Morgan fingerprint density at radius 2 is 2.38 bits per heavy atom. The lowest BCUT2D eigenvalue weighted by Crippen LogP contribution is -2.06. The van der Waals surface area contributed by atoms with E-state index in [2.05, 4.69) is 40.6 Å². The van der Waals surface area contributed by atoms with Gasteiger partial charge in [-0.15, -0.1) is 0 Å². The largest absolute Gasteiger partial charge is 0.376 e. The molecule has 2 aromatic rings. The van der Waals surface area contributed by atoms with Gasteiger partial charge in [0.05, 0.1) is 17.9 Å². The Morgan fingerprint density at radius 1 is 1.44 bits per heavy atom. The van der Waals surface area contributed by atoms with Crippen LogP contribution in [0.5, 0.6) is 0 Å². The highest BCUT2D eigenvalue weighted by atomic mass is 15.1. The standard InChI is InChI=1S/C13H15N3/c1-9-2-3-10-4-5-13(12(10)6-9)16-11-7-14-15-8-11/h2-3,6-8,13,16H,4-5H2,1H3,(H,14,15). The van der Waals surface area contributed by atoms with Crippen LogP contribution in [-0.2, 0) is 6.42 Å². The van der Waals surface area contributed by atoms with Crippen LogP contribution in [-0.4, -0.2) is 10.2 Å². The van der Waals surface area contributed by atoms with Gasteiger partial charge in [-0.2, -0.15) is 5.10 Å². The molecule has 1 unspecified atom stereocenters. The van der Waals surface area contributed by atoms with E-state index >= 15 is 0 Å². The molecule has 1 aliphatic carbocycles. The van der Waals surface area contributed by atoms with Gasteiger partial charge < -0.3 is 5.32 Å². The van der Waals surface area contributed by atoms with E-state index in [1.807, 2.05) is 12.4 Å². The van der Waals surface area contributed by atoms with Gasteiger partial charge in [0.25, 0.3) is 0 Å². The van der Waals surface area contributed by atoms with E-state index in [4.69, 9.17) is 0 Å². The molecule has 0 aliphatic heterocycles. The maximum absolute atomic E-state index is 3.95. The molecule has 16 heavy (non-hydrogen) atoms. The van der Waals surface area contributed by atoms with Gasteiger partial charge in [-0.3, -0.25) is 5.10 Å². The number of rotatable bonds is 2. The molecule has 1 heterocycles. The highest BCUT2D eigenvalue weighted by Crippen LogP contribution is 2.34. The number of nitrogens with one attached hydrogen (secondary N) is 2. The second kappa shape index (κ2) is 3.67. The van der Waals surface area contributed by atoms with Crippen LogP contribution in [0.3, 0.4) is 0 Å². The number of H-pyrrole nitrogens is 1. The van der Waals surface area contributed by atoms with Crippen molar-refractivity contribution in [1.82, 2.24) is 10.2 Å². The van der Waals surface area contributed by atoms with Crippen molar-refractivity contribution in [1.29, 1.82) is 0 Å². The van der Waals surface area contributed by atoms with Gasteiger partial charge in [-0.25, -0.2) is 0 Å². The van der Waals surface area contributed by atoms with Crippen molar-refractivity contribution in [3.63, 3.8) is 0 Å². The predicted molar refractivity (Wildman–Crippen MR) is 64.5 cm³/mol. The van der Waals surface area contributed by atoms with E-state index in [0.29, 0.717) is 6.04 Å². The third kappa shape index (κ3) is 1.58. The number of aromatic amines is 1. The lowest BCUT2D eigenvalue weighted by molar-refractivity contribution is 0.762. The number of nitrogens with zero attached hydrogens (tertiary/aromatic N) is 1. The van der Waals surface area contributed by atoms with Gasteiger partial charge in [0, 0.05) is 6.20 Å². The monoisotopic (exact) mass is 213 g/mol. The summed E-state index contributed by atoms with van der Waals surface area (Å²) >= 11 is 0. The molecule has 1 aliphatic rings. The van der Waals surface area contributed by atoms with Gasteiger partial charge in [-0.1, -0.05) is 23.8 Å². The Bertz CT molecular complexity index is 488. The van der Waals surface area contributed by atoms with Crippen LogP contribution >= 0.6 is 0 Å². The van der Waals surface area contributed by atoms with Gasteiger partial charge >= 0.3 is 0 Å². The van der Waals surface area contributed by atoms with Crippen LogP contribution in [0.4, 0.5) is 5.69 Å². The molecule has 0 saturated heterocycles. The summed E-state index contributed by atoms with van der Waals surface area (Å²) in [7, 11) is 0. The Hall–Kier alpha value is -1.77. The van der Waals surface area contributed by atoms with E-state index in [0.717, 1.165) is 5.69 Å². The van der Waals surface area contributed by atoms with E-state index in [-0.39, 0.29) is 0 Å². The van der Waals surface area contributed by atoms with Gasteiger partial charge in [0.2, 0.25) is 0 Å². The zero-order chi connectivity index (χ0) is 11.0. The number of hydrogen-bond donors (Lipinski definition) is 2. The number of hydrogen-bond acceptors (Lipinski definition) is 2. The van der Waals surface area contributed by atoms with Crippen molar-refractivity contribution in [2.45, 2.75) is 25.8 Å². The second-order valence-electron chi connectivity index (χ2n) is 4.42. The molecule has 0 fully saturated rings. The Labute approximate surface area is 94.9 Å². The fraction of sp³-hybridized carbons (Fsp3) is 0.308. The summed E-state index contributed by atoms with van der Waals surface area (Å²) in [5.41, 5.74) is 5.33. The minimum absolute atomic E-state index is 0.437. The molecule has 0 spiro atoms.